The maximum Gasteiger partial charge on any atom is 0.272 e. The van der Waals surface area contributed by atoms with Crippen LogP contribution in [0.5, 0.6) is 0 Å². The number of anilines is 1. The number of nitrogens with two attached hydrogens (primary N) is 1. The van der Waals surface area contributed by atoms with E-state index in [1.807, 2.05) is 66.7 Å². The molecule has 6 rings (SSSR count). The van der Waals surface area contributed by atoms with Gasteiger partial charge in [-0.2, -0.15) is 0 Å². The number of hydrogen-bond acceptors (Lipinski definition) is 4. The summed E-state index contributed by atoms with van der Waals surface area (Å²) in [6.45, 7) is 4.41. The lowest BCUT2D eigenvalue weighted by Crippen LogP contribution is -2.51. The maximum absolute atomic E-state index is 14.7. The van der Waals surface area contributed by atoms with Gasteiger partial charge >= 0.3 is 0 Å². The third-order valence-electron chi connectivity index (χ3n) is 10.1. The first-order valence-electron chi connectivity index (χ1n) is 17.6. The summed E-state index contributed by atoms with van der Waals surface area (Å²) in [7, 11) is 0. The standard InChI is InChI=1S/C42H46N4O3/c1-3-4-18-34(39(43)47)36(26-29-12-10-13-29)41(48)45-40-42(49)46(27-30-14-11-17-33(25-30)31-23-21-28(2)22-24-31)37-20-9-8-19-35(37)38(44-40)32-15-6-5-7-16-32/h5-9,11,14-17,19-25,29,34,36,40H,3-4,10,12-13,18,26-27H2,1-2H3,(H2,43,47)(H,45,48). The molecule has 3 N–H and O–H groups in total. The highest BCUT2D eigenvalue weighted by Crippen LogP contribution is 2.37. The molecule has 252 valence electrons. The number of amides is 3. The maximum atomic E-state index is 14.7. The number of nitrogens with zero attached hydrogens (tertiary/aromatic N) is 2. The van der Waals surface area contributed by atoms with Gasteiger partial charge in [0.05, 0.1) is 17.9 Å². The number of aliphatic imine (C=N–C) groups is 1. The topological polar surface area (TPSA) is 105 Å². The molecule has 49 heavy (non-hydrogen) atoms. The molecular formula is C42H46N4O3. The number of para-hydroxylation sites is 1. The van der Waals surface area contributed by atoms with E-state index in [4.69, 9.17) is 10.7 Å². The summed E-state index contributed by atoms with van der Waals surface area (Å²) in [5.74, 6) is -1.99. The Balaban J connectivity index is 1.38. The number of hydrogen-bond donors (Lipinski definition) is 2. The zero-order chi connectivity index (χ0) is 34.3. The zero-order valence-corrected chi connectivity index (χ0v) is 28.5. The molecule has 7 nitrogen and oxygen atoms in total. The number of rotatable bonds is 13. The second-order valence-corrected chi connectivity index (χ2v) is 13.6. The molecule has 3 unspecified atom stereocenters. The molecule has 1 saturated carbocycles. The highest BCUT2D eigenvalue weighted by Gasteiger charge is 2.39. The van der Waals surface area contributed by atoms with Crippen LogP contribution in [0.2, 0.25) is 0 Å². The predicted octanol–water partition coefficient (Wildman–Crippen LogP) is 7.59. The Kier molecular flexibility index (Phi) is 10.7. The van der Waals surface area contributed by atoms with Crippen LogP contribution in [-0.4, -0.2) is 29.6 Å². The Labute approximate surface area is 289 Å². The first-order chi connectivity index (χ1) is 23.8. The third kappa shape index (κ3) is 7.83. The van der Waals surface area contributed by atoms with Crippen molar-refractivity contribution in [3.05, 3.63) is 125 Å². The summed E-state index contributed by atoms with van der Waals surface area (Å²) in [6.07, 6.45) is 4.81. The molecule has 0 radical (unpaired) electrons. The van der Waals surface area contributed by atoms with Gasteiger partial charge in [-0.05, 0) is 54.5 Å². The molecule has 1 heterocycles. The normalized spacial score (nSPS) is 17.3. The number of nitrogens with one attached hydrogen (secondary N) is 1. The molecule has 1 aliphatic heterocycles. The second kappa shape index (κ2) is 15.5. The lowest BCUT2D eigenvalue weighted by atomic mass is 9.73. The molecule has 0 saturated heterocycles. The van der Waals surface area contributed by atoms with Gasteiger partial charge in [0, 0.05) is 23.0 Å². The van der Waals surface area contributed by atoms with E-state index in [9.17, 15) is 14.4 Å². The lowest BCUT2D eigenvalue weighted by molar-refractivity contribution is -0.136. The fourth-order valence-electron chi connectivity index (χ4n) is 7.04. The van der Waals surface area contributed by atoms with Crippen LogP contribution in [0.15, 0.2) is 108 Å². The van der Waals surface area contributed by atoms with E-state index in [1.54, 1.807) is 4.90 Å². The lowest BCUT2D eigenvalue weighted by Gasteiger charge is -2.33. The number of aryl methyl sites for hydroxylation is 1. The zero-order valence-electron chi connectivity index (χ0n) is 28.5. The first kappa shape index (κ1) is 33.8. The summed E-state index contributed by atoms with van der Waals surface area (Å²) < 4.78 is 0. The molecule has 3 amide bonds. The van der Waals surface area contributed by atoms with Crippen molar-refractivity contribution in [3.8, 4) is 11.1 Å². The molecule has 0 spiro atoms. The van der Waals surface area contributed by atoms with Crippen molar-refractivity contribution in [2.24, 2.45) is 28.5 Å². The van der Waals surface area contributed by atoms with Crippen LogP contribution in [0.3, 0.4) is 0 Å². The van der Waals surface area contributed by atoms with Gasteiger partial charge in [-0.3, -0.25) is 14.4 Å². The van der Waals surface area contributed by atoms with Crippen LogP contribution in [0.4, 0.5) is 5.69 Å². The van der Waals surface area contributed by atoms with Crippen molar-refractivity contribution in [2.45, 2.75) is 71.5 Å². The van der Waals surface area contributed by atoms with Crippen LogP contribution in [0.1, 0.15) is 74.1 Å². The molecule has 4 aromatic rings. The summed E-state index contributed by atoms with van der Waals surface area (Å²) in [4.78, 5) is 48.5. The number of unbranched alkanes of at least 4 members (excludes halogenated alkanes) is 1. The fourth-order valence-corrected chi connectivity index (χ4v) is 7.04. The van der Waals surface area contributed by atoms with E-state index in [0.717, 1.165) is 65.6 Å². The molecule has 7 heteroatoms. The Bertz CT molecular complexity index is 1810. The van der Waals surface area contributed by atoms with Gasteiger partial charge in [-0.15, -0.1) is 0 Å². The minimum Gasteiger partial charge on any atom is -0.369 e. The average Bonchev–Trinajstić information content (AvgIpc) is 3.20. The van der Waals surface area contributed by atoms with Crippen molar-refractivity contribution in [1.29, 1.82) is 0 Å². The highest BCUT2D eigenvalue weighted by molar-refractivity contribution is 6.20. The Morgan fingerprint density at radius 2 is 1.59 bits per heavy atom. The highest BCUT2D eigenvalue weighted by atomic mass is 16.2. The average molecular weight is 655 g/mol. The van der Waals surface area contributed by atoms with Crippen molar-refractivity contribution in [1.82, 2.24) is 5.32 Å². The van der Waals surface area contributed by atoms with Gasteiger partial charge < -0.3 is 16.0 Å². The number of carbonyl (C=O) groups is 3. The number of benzodiazepines with no additional fused rings is 1. The van der Waals surface area contributed by atoms with Crippen molar-refractivity contribution >= 4 is 29.1 Å². The quantitative estimate of drug-likeness (QED) is 0.155. The van der Waals surface area contributed by atoms with Crippen LogP contribution in [0, 0.1) is 24.7 Å². The van der Waals surface area contributed by atoms with Crippen LogP contribution in [0.25, 0.3) is 11.1 Å². The van der Waals surface area contributed by atoms with Gasteiger partial charge in [-0.25, -0.2) is 4.99 Å². The van der Waals surface area contributed by atoms with Crippen molar-refractivity contribution in [2.75, 3.05) is 4.90 Å². The van der Waals surface area contributed by atoms with E-state index in [2.05, 4.69) is 55.6 Å². The summed E-state index contributed by atoms with van der Waals surface area (Å²) in [6, 6.07) is 34.1. The van der Waals surface area contributed by atoms with Crippen LogP contribution < -0.4 is 16.0 Å². The number of carbonyl (C=O) groups excluding carboxylic acids is 3. The van der Waals surface area contributed by atoms with Crippen molar-refractivity contribution < 1.29 is 14.4 Å². The molecule has 1 fully saturated rings. The van der Waals surface area contributed by atoms with E-state index < -0.39 is 23.9 Å². The second-order valence-electron chi connectivity index (χ2n) is 13.6. The Morgan fingerprint density at radius 1 is 0.878 bits per heavy atom. The number of benzene rings is 4. The number of fused-ring (bicyclic) bond motifs is 1. The molecule has 4 aromatic carbocycles. The minimum atomic E-state index is -1.20. The van der Waals surface area contributed by atoms with E-state index in [1.165, 1.54) is 5.56 Å². The summed E-state index contributed by atoms with van der Waals surface area (Å²) >= 11 is 0. The molecule has 3 atom stereocenters. The first-order valence-corrected chi connectivity index (χ1v) is 17.6. The molecule has 0 bridgehead atoms. The molecular weight excluding hydrogens is 608 g/mol. The fraction of sp³-hybridized carbons (Fsp3) is 0.333. The molecule has 2 aliphatic rings. The smallest absolute Gasteiger partial charge is 0.272 e. The summed E-state index contributed by atoms with van der Waals surface area (Å²) in [5, 5.41) is 3.04. The summed E-state index contributed by atoms with van der Waals surface area (Å²) in [5.41, 5.74) is 13.2. The van der Waals surface area contributed by atoms with Crippen LogP contribution in [-0.2, 0) is 20.9 Å². The Hall–Kier alpha value is -5.04. The number of primary amides is 1. The molecule has 1 aliphatic carbocycles. The monoisotopic (exact) mass is 654 g/mol. The van der Waals surface area contributed by atoms with E-state index in [0.29, 0.717) is 24.5 Å². The predicted molar refractivity (Wildman–Crippen MR) is 196 cm³/mol. The minimum absolute atomic E-state index is 0.283. The van der Waals surface area contributed by atoms with E-state index >= 15 is 0 Å². The Morgan fingerprint density at radius 3 is 2.29 bits per heavy atom. The van der Waals surface area contributed by atoms with Gasteiger partial charge in [0.1, 0.15) is 0 Å². The SMILES string of the molecule is CCCCC(C(N)=O)C(CC1CCC1)C(=O)NC1N=C(c2ccccc2)c2ccccc2N(Cc2cccc(-c3ccc(C)cc3)c2)C1=O. The third-order valence-corrected chi connectivity index (χ3v) is 10.1. The van der Waals surface area contributed by atoms with Crippen molar-refractivity contribution in [3.63, 3.8) is 0 Å². The van der Waals surface area contributed by atoms with E-state index in [-0.39, 0.29) is 18.4 Å². The van der Waals surface area contributed by atoms with Gasteiger partial charge in [0.25, 0.3) is 5.91 Å². The van der Waals surface area contributed by atoms with Gasteiger partial charge in [0.15, 0.2) is 0 Å². The largest absolute Gasteiger partial charge is 0.369 e. The molecule has 0 aromatic heterocycles. The van der Waals surface area contributed by atoms with Gasteiger partial charge in [0.2, 0.25) is 18.0 Å². The van der Waals surface area contributed by atoms with Gasteiger partial charge in [-0.1, -0.05) is 136 Å². The van der Waals surface area contributed by atoms with Crippen LogP contribution >= 0.6 is 0 Å².